The van der Waals surface area contributed by atoms with Gasteiger partial charge in [0, 0.05) is 38.2 Å². The zero-order valence-electron chi connectivity index (χ0n) is 18.5. The van der Waals surface area contributed by atoms with Crippen molar-refractivity contribution in [3.63, 3.8) is 0 Å². The van der Waals surface area contributed by atoms with Gasteiger partial charge in [0.2, 0.25) is 0 Å². The molecule has 0 spiro atoms. The quantitative estimate of drug-likeness (QED) is 0.599. The van der Waals surface area contributed by atoms with Gasteiger partial charge in [-0.05, 0) is 44.4 Å². The van der Waals surface area contributed by atoms with Crippen LogP contribution in [0.1, 0.15) is 58.4 Å². The number of nitrogens with zero attached hydrogens (tertiary/aromatic N) is 4. The minimum atomic E-state index is -3.58. The van der Waals surface area contributed by atoms with Crippen LogP contribution in [0, 0.1) is 6.92 Å². The lowest BCUT2D eigenvalue weighted by atomic mass is 9.98. The maximum absolute atomic E-state index is 13.2. The fourth-order valence-electron chi connectivity index (χ4n) is 4.51. The number of benzene rings is 1. The monoisotopic (exact) mass is 453 g/mol. The Morgan fingerprint density at radius 1 is 1.19 bits per heavy atom. The van der Waals surface area contributed by atoms with Crippen molar-refractivity contribution >= 4 is 27.3 Å². The average Bonchev–Trinajstić information content (AvgIpc) is 3.42. The number of hydrogen-bond donors (Lipinski definition) is 1. The Bertz CT molecular complexity index is 1250. The number of carbonyl (C=O) groups is 1. The summed E-state index contributed by atoms with van der Waals surface area (Å²) in [6, 6.07) is 8.82. The van der Waals surface area contributed by atoms with Gasteiger partial charge >= 0.3 is 0 Å². The second-order valence-electron chi connectivity index (χ2n) is 8.82. The van der Waals surface area contributed by atoms with Crippen LogP contribution in [0.25, 0.3) is 11.0 Å². The van der Waals surface area contributed by atoms with Crippen LogP contribution in [0.2, 0.25) is 0 Å². The number of rotatable bonds is 5. The predicted octanol–water partition coefficient (Wildman–Crippen LogP) is 2.91. The number of aryl methyl sites for hydroxylation is 2. The average molecular weight is 454 g/mol. The van der Waals surface area contributed by atoms with Crippen molar-refractivity contribution in [2.24, 2.45) is 7.05 Å². The molecule has 2 unspecified atom stereocenters. The van der Waals surface area contributed by atoms with Gasteiger partial charge in [-0.15, -0.1) is 4.31 Å². The van der Waals surface area contributed by atoms with Crippen molar-refractivity contribution in [2.75, 3.05) is 20.1 Å². The second kappa shape index (κ2) is 7.75. The summed E-state index contributed by atoms with van der Waals surface area (Å²) in [5.74, 6) is 0.134. The molecule has 1 aromatic carbocycles. The molecule has 8 nitrogen and oxygen atoms in total. The van der Waals surface area contributed by atoms with E-state index in [0.717, 1.165) is 35.2 Å². The summed E-state index contributed by atoms with van der Waals surface area (Å²) in [6.07, 6.45) is 2.82. The number of pyridine rings is 1. The van der Waals surface area contributed by atoms with Crippen LogP contribution in [-0.4, -0.2) is 49.7 Å². The van der Waals surface area contributed by atoms with Gasteiger partial charge in [0.05, 0.1) is 23.2 Å². The topological polar surface area (TPSA) is 103 Å². The highest BCUT2D eigenvalue weighted by Gasteiger charge is 2.40. The molecule has 3 aromatic rings. The largest absolute Gasteiger partial charge is 0.593 e. The Balaban J connectivity index is 1.52. The fourth-order valence-corrected chi connectivity index (χ4v) is 6.01. The van der Waals surface area contributed by atoms with Gasteiger partial charge in [-0.2, -0.15) is 5.10 Å². The maximum atomic E-state index is 13.2. The highest BCUT2D eigenvalue weighted by Crippen LogP contribution is 2.42. The van der Waals surface area contributed by atoms with Crippen LogP contribution in [-0.2, 0) is 21.7 Å². The number of sulfonamides is 1. The Morgan fingerprint density at radius 2 is 1.91 bits per heavy atom. The summed E-state index contributed by atoms with van der Waals surface area (Å²) in [5.41, 5.74) is 3.95. The summed E-state index contributed by atoms with van der Waals surface area (Å²) in [6.45, 7) is 2.68. The number of carbonyl (C=O) groups excluding carboxylic acids is 1. The molecule has 1 amide bonds. The van der Waals surface area contributed by atoms with E-state index in [9.17, 15) is 13.6 Å². The predicted molar refractivity (Wildman–Crippen MR) is 121 cm³/mol. The number of fused-ring (bicyclic) bond motifs is 1. The smallest absolute Gasteiger partial charge is 0.251 e. The van der Waals surface area contributed by atoms with E-state index in [1.807, 2.05) is 32.2 Å². The number of nitrogens with one attached hydrogen (secondary N) is 1. The van der Waals surface area contributed by atoms with Crippen LogP contribution < -0.4 is 5.32 Å². The van der Waals surface area contributed by atoms with Crippen molar-refractivity contribution < 1.29 is 13.6 Å². The van der Waals surface area contributed by atoms with Crippen LogP contribution >= 0.6 is 0 Å². The van der Waals surface area contributed by atoms with E-state index in [4.69, 9.17) is 10.1 Å². The van der Waals surface area contributed by atoms with Gasteiger partial charge in [0.1, 0.15) is 0 Å². The van der Waals surface area contributed by atoms with E-state index in [-0.39, 0.29) is 11.8 Å². The second-order valence-corrected chi connectivity index (χ2v) is 10.8. The van der Waals surface area contributed by atoms with Crippen LogP contribution in [0.5, 0.6) is 0 Å². The van der Waals surface area contributed by atoms with E-state index in [0.29, 0.717) is 41.5 Å². The van der Waals surface area contributed by atoms with Crippen molar-refractivity contribution in [1.29, 1.82) is 0 Å². The van der Waals surface area contributed by atoms with E-state index in [1.54, 1.807) is 23.9 Å². The first-order valence-corrected chi connectivity index (χ1v) is 12.4. The zero-order chi connectivity index (χ0) is 22.6. The van der Waals surface area contributed by atoms with Gasteiger partial charge in [-0.1, -0.05) is 21.9 Å². The molecule has 0 bridgehead atoms. The van der Waals surface area contributed by atoms with Crippen LogP contribution in [0.15, 0.2) is 35.2 Å². The molecule has 5 rings (SSSR count). The number of aromatic nitrogens is 3. The summed E-state index contributed by atoms with van der Waals surface area (Å²) >= 11 is 0. The van der Waals surface area contributed by atoms with Crippen LogP contribution in [0.4, 0.5) is 0 Å². The molecule has 2 atom stereocenters. The Hall–Kier alpha value is -2.62. The van der Waals surface area contributed by atoms with E-state index in [1.165, 1.54) is 4.31 Å². The molecule has 2 fully saturated rings. The highest BCUT2D eigenvalue weighted by molar-refractivity contribution is 7.95. The summed E-state index contributed by atoms with van der Waals surface area (Å²) in [5, 5.41) is 8.19. The fraction of sp³-hybridized carbons (Fsp3) is 0.435. The first-order chi connectivity index (χ1) is 15.3. The third-order valence-electron chi connectivity index (χ3n) is 6.50. The first-order valence-electron chi connectivity index (χ1n) is 11.0. The minimum absolute atomic E-state index is 0.101. The highest BCUT2D eigenvalue weighted by atomic mass is 32.3. The van der Waals surface area contributed by atoms with Crippen molar-refractivity contribution in [3.8, 4) is 0 Å². The van der Waals surface area contributed by atoms with Gasteiger partial charge in [0.25, 0.3) is 5.91 Å². The Kier molecular flexibility index (Phi) is 5.15. The minimum Gasteiger partial charge on any atom is -0.593 e. The zero-order valence-corrected chi connectivity index (χ0v) is 19.3. The molecule has 1 aliphatic heterocycles. The molecule has 168 valence electrons. The van der Waals surface area contributed by atoms with Gasteiger partial charge < -0.3 is 9.87 Å². The molecule has 2 aliphatic rings. The van der Waals surface area contributed by atoms with E-state index >= 15 is 0 Å². The standard InChI is InChI=1S/C23H27N5O3S/c1-14-4-8-17(9-5-14)32(30,31)28-11-10-16(13-28)21-20-18(23(29)24-2)12-19(15-6-7-15)25-22(20)27(3)26-21/h4-5,8-9,12,15-16H,6-7,10-11,13H2,1-3H3,(H-,24,29,30,31). The van der Waals surface area contributed by atoms with Crippen molar-refractivity contribution in [2.45, 2.75) is 42.9 Å². The van der Waals surface area contributed by atoms with Crippen molar-refractivity contribution in [1.82, 2.24) is 24.4 Å². The number of amides is 1. The lowest BCUT2D eigenvalue weighted by Gasteiger charge is -2.23. The first kappa shape index (κ1) is 21.2. The Labute approximate surface area is 188 Å². The SMILES string of the molecule is CNC(=O)c1cc(C2CC2)nc2c1c(C1CCN([S+](=O)([O-])c3ccc(C)cc3)C1)nn2C. The molecular formula is C23H27N5O3S. The molecular weight excluding hydrogens is 426 g/mol. The third-order valence-corrected chi connectivity index (χ3v) is 8.38. The Morgan fingerprint density at radius 3 is 2.56 bits per heavy atom. The summed E-state index contributed by atoms with van der Waals surface area (Å²) < 4.78 is 29.6. The third kappa shape index (κ3) is 3.54. The van der Waals surface area contributed by atoms with Crippen LogP contribution in [0.3, 0.4) is 0 Å². The van der Waals surface area contributed by atoms with E-state index < -0.39 is 10.4 Å². The van der Waals surface area contributed by atoms with E-state index in [2.05, 4.69) is 5.32 Å². The molecule has 0 radical (unpaired) electrons. The molecule has 2 aromatic heterocycles. The van der Waals surface area contributed by atoms with Crippen molar-refractivity contribution in [3.05, 3.63) is 52.8 Å². The molecule has 1 saturated carbocycles. The molecule has 3 heterocycles. The lowest BCUT2D eigenvalue weighted by Crippen LogP contribution is -2.34. The summed E-state index contributed by atoms with van der Waals surface area (Å²) in [4.78, 5) is 17.9. The normalized spacial score (nSPS) is 21.1. The molecule has 1 aliphatic carbocycles. The molecule has 32 heavy (non-hydrogen) atoms. The van der Waals surface area contributed by atoms with Gasteiger partial charge in [0.15, 0.2) is 20.9 Å². The number of hydrogen-bond acceptors (Lipinski definition) is 5. The maximum Gasteiger partial charge on any atom is 0.251 e. The lowest BCUT2D eigenvalue weighted by molar-refractivity contribution is 0.0964. The molecule has 9 heteroatoms. The van der Waals surface area contributed by atoms with Gasteiger partial charge in [-0.25, -0.2) is 4.98 Å². The van der Waals surface area contributed by atoms with Gasteiger partial charge in [-0.3, -0.25) is 9.48 Å². The molecule has 1 saturated heterocycles. The molecule has 1 N–H and O–H groups in total. The summed E-state index contributed by atoms with van der Waals surface area (Å²) in [7, 11) is -0.130.